The van der Waals surface area contributed by atoms with Crippen molar-refractivity contribution in [3.05, 3.63) is 34.9 Å². The fourth-order valence-electron chi connectivity index (χ4n) is 2.34. The van der Waals surface area contributed by atoms with Crippen molar-refractivity contribution in [2.24, 2.45) is 0 Å². The van der Waals surface area contributed by atoms with Crippen LogP contribution in [0.3, 0.4) is 0 Å². The van der Waals surface area contributed by atoms with Crippen LogP contribution in [0.15, 0.2) is 24.3 Å². The monoisotopic (exact) mass is 315 g/mol. The zero-order valence-corrected chi connectivity index (χ0v) is 13.8. The lowest BCUT2D eigenvalue weighted by Crippen LogP contribution is -2.49. The lowest BCUT2D eigenvalue weighted by Gasteiger charge is -2.38. The molecule has 20 heavy (non-hydrogen) atoms. The number of rotatable bonds is 5. The molecule has 0 atom stereocenters. The molecule has 1 N–H and O–H groups in total. The molecule has 0 amide bonds. The van der Waals surface area contributed by atoms with Crippen molar-refractivity contribution in [1.82, 2.24) is 5.32 Å². The molecular weight excluding hydrogens is 294 g/mol. The molecular formula is C15H22ClNO2S. The highest BCUT2D eigenvalue weighted by Gasteiger charge is 2.34. The maximum Gasteiger partial charge on any atom is 0.153 e. The summed E-state index contributed by atoms with van der Waals surface area (Å²) in [5.41, 5.74) is 1.28. The van der Waals surface area contributed by atoms with Gasteiger partial charge in [0.1, 0.15) is 0 Å². The van der Waals surface area contributed by atoms with Gasteiger partial charge < -0.3 is 5.32 Å². The molecule has 1 aliphatic carbocycles. The van der Waals surface area contributed by atoms with Crippen LogP contribution in [0.2, 0.25) is 5.02 Å². The highest BCUT2D eigenvalue weighted by Crippen LogP contribution is 2.37. The Kier molecular flexibility index (Phi) is 4.47. The predicted molar refractivity (Wildman–Crippen MR) is 84.1 cm³/mol. The summed E-state index contributed by atoms with van der Waals surface area (Å²) < 4.78 is 22.6. The van der Waals surface area contributed by atoms with Gasteiger partial charge in [0.2, 0.25) is 0 Å². The van der Waals surface area contributed by atoms with Crippen LogP contribution in [0, 0.1) is 0 Å². The van der Waals surface area contributed by atoms with E-state index in [2.05, 4.69) is 11.4 Å². The summed E-state index contributed by atoms with van der Waals surface area (Å²) in [6, 6.07) is 8.38. The number of halogens is 1. The van der Waals surface area contributed by atoms with Crippen molar-refractivity contribution in [1.29, 1.82) is 0 Å². The van der Waals surface area contributed by atoms with Crippen LogP contribution in [0.5, 0.6) is 0 Å². The van der Waals surface area contributed by atoms with Crippen molar-refractivity contribution >= 4 is 21.4 Å². The molecule has 2 rings (SSSR count). The van der Waals surface area contributed by atoms with Gasteiger partial charge in [-0.1, -0.05) is 23.7 Å². The second-order valence-electron chi connectivity index (χ2n) is 6.33. The Morgan fingerprint density at radius 3 is 2.55 bits per heavy atom. The maximum absolute atomic E-state index is 11.6. The van der Waals surface area contributed by atoms with Crippen LogP contribution in [-0.2, 0) is 9.84 Å². The zero-order valence-electron chi connectivity index (χ0n) is 12.2. The van der Waals surface area contributed by atoms with E-state index in [1.54, 1.807) is 13.8 Å². The Morgan fingerprint density at radius 2 is 2.00 bits per heavy atom. The van der Waals surface area contributed by atoms with Gasteiger partial charge in [0.25, 0.3) is 0 Å². The average Bonchev–Trinajstić information content (AvgIpc) is 2.25. The molecule has 0 saturated heterocycles. The summed E-state index contributed by atoms with van der Waals surface area (Å²) in [5, 5.41) is 4.14. The van der Waals surface area contributed by atoms with Crippen LogP contribution in [0.25, 0.3) is 0 Å². The molecule has 1 aliphatic rings. The van der Waals surface area contributed by atoms with E-state index in [9.17, 15) is 8.42 Å². The maximum atomic E-state index is 11.6. The first-order valence-electron chi connectivity index (χ1n) is 6.87. The van der Waals surface area contributed by atoms with E-state index in [1.807, 2.05) is 18.2 Å². The second kappa shape index (κ2) is 5.66. The van der Waals surface area contributed by atoms with Gasteiger partial charge in [-0.05, 0) is 50.3 Å². The molecule has 1 aromatic rings. The molecule has 5 heteroatoms. The van der Waals surface area contributed by atoms with Crippen molar-refractivity contribution in [2.75, 3.05) is 12.8 Å². The molecule has 0 unspecified atom stereocenters. The molecule has 3 nitrogen and oxygen atoms in total. The minimum Gasteiger partial charge on any atom is -0.312 e. The van der Waals surface area contributed by atoms with E-state index < -0.39 is 14.6 Å². The van der Waals surface area contributed by atoms with Gasteiger partial charge >= 0.3 is 0 Å². The van der Waals surface area contributed by atoms with Crippen molar-refractivity contribution in [2.45, 2.75) is 43.4 Å². The van der Waals surface area contributed by atoms with Crippen LogP contribution >= 0.6 is 11.6 Å². The number of nitrogens with one attached hydrogen (secondary N) is 1. The van der Waals surface area contributed by atoms with Crippen molar-refractivity contribution in [3.8, 4) is 0 Å². The van der Waals surface area contributed by atoms with Crippen LogP contribution in [0.1, 0.15) is 38.2 Å². The molecule has 0 spiro atoms. The predicted octanol–water partition coefficient (Wildman–Crippen LogP) is 3.00. The van der Waals surface area contributed by atoms with E-state index in [4.69, 9.17) is 11.6 Å². The Morgan fingerprint density at radius 1 is 1.35 bits per heavy atom. The summed E-state index contributed by atoms with van der Waals surface area (Å²) in [5.74, 6) is 0.535. The van der Waals surface area contributed by atoms with Gasteiger partial charge in [0.05, 0.1) is 4.75 Å². The zero-order chi connectivity index (χ0) is 15.0. The first-order valence-corrected chi connectivity index (χ1v) is 9.14. The van der Waals surface area contributed by atoms with Gasteiger partial charge in [-0.3, -0.25) is 0 Å². The summed E-state index contributed by atoms with van der Waals surface area (Å²) in [6.07, 6.45) is 3.38. The van der Waals surface area contributed by atoms with Gasteiger partial charge in [0.15, 0.2) is 9.84 Å². The van der Waals surface area contributed by atoms with Gasteiger partial charge in [-0.25, -0.2) is 8.42 Å². The van der Waals surface area contributed by atoms with Crippen LogP contribution in [0.4, 0.5) is 0 Å². The van der Waals surface area contributed by atoms with Crippen LogP contribution < -0.4 is 5.32 Å². The lowest BCUT2D eigenvalue weighted by atomic mass is 9.76. The van der Waals surface area contributed by atoms with Gasteiger partial charge in [-0.15, -0.1) is 0 Å². The third kappa shape index (κ3) is 3.54. The third-order valence-electron chi connectivity index (χ3n) is 4.28. The summed E-state index contributed by atoms with van der Waals surface area (Å²) in [4.78, 5) is 0. The second-order valence-corrected chi connectivity index (χ2v) is 9.42. The Balaban J connectivity index is 1.83. The number of benzene rings is 1. The fourth-order valence-corrected chi connectivity index (χ4v) is 2.88. The number of hydrogen-bond donors (Lipinski definition) is 1. The van der Waals surface area contributed by atoms with E-state index in [0.717, 1.165) is 17.9 Å². The average molecular weight is 316 g/mol. The number of hydrogen-bond acceptors (Lipinski definition) is 3. The largest absolute Gasteiger partial charge is 0.312 e. The van der Waals surface area contributed by atoms with Crippen molar-refractivity contribution < 1.29 is 8.42 Å². The fraction of sp³-hybridized carbons (Fsp3) is 0.600. The standard InChI is InChI=1S/C15H22ClNO2S/c1-15(2,20(3,18)19)10-17-14-8-12(9-14)11-5-4-6-13(16)7-11/h4-7,12,14,17H,8-10H2,1-3H3. The molecule has 1 fully saturated rings. The SMILES string of the molecule is CC(C)(CNC1CC(c2cccc(Cl)c2)C1)S(C)(=O)=O. The first kappa shape index (κ1) is 15.8. The summed E-state index contributed by atoms with van der Waals surface area (Å²) in [7, 11) is -3.03. The Hall–Kier alpha value is -0.580. The normalized spacial score (nSPS) is 23.4. The number of sulfone groups is 1. The van der Waals surface area contributed by atoms with E-state index in [0.29, 0.717) is 18.5 Å². The molecule has 1 aromatic carbocycles. The van der Waals surface area contributed by atoms with Gasteiger partial charge in [-0.2, -0.15) is 0 Å². The third-order valence-corrected chi connectivity index (χ3v) is 6.67. The Bertz CT molecular complexity index is 577. The first-order chi connectivity index (χ1) is 9.19. The molecule has 0 heterocycles. The topological polar surface area (TPSA) is 46.2 Å². The minimum atomic E-state index is -3.03. The smallest absolute Gasteiger partial charge is 0.153 e. The molecule has 0 aliphatic heterocycles. The van der Waals surface area contributed by atoms with Crippen molar-refractivity contribution in [3.63, 3.8) is 0 Å². The molecule has 0 aromatic heterocycles. The molecule has 0 bridgehead atoms. The quantitative estimate of drug-likeness (QED) is 0.908. The van der Waals surface area contributed by atoms with Crippen LogP contribution in [-0.4, -0.2) is 32.0 Å². The highest BCUT2D eigenvalue weighted by molar-refractivity contribution is 7.92. The van der Waals surface area contributed by atoms with E-state index in [1.165, 1.54) is 11.8 Å². The van der Waals surface area contributed by atoms with E-state index in [-0.39, 0.29) is 0 Å². The van der Waals surface area contributed by atoms with Gasteiger partial charge in [0, 0.05) is 23.9 Å². The minimum absolute atomic E-state index is 0.403. The summed E-state index contributed by atoms with van der Waals surface area (Å²) in [6.45, 7) is 4.03. The van der Waals surface area contributed by atoms with E-state index >= 15 is 0 Å². The highest BCUT2D eigenvalue weighted by atomic mass is 35.5. The summed E-state index contributed by atoms with van der Waals surface area (Å²) >= 11 is 6.00. The molecule has 112 valence electrons. The molecule has 1 saturated carbocycles. The lowest BCUT2D eigenvalue weighted by molar-refractivity contribution is 0.284. The Labute approximate surface area is 126 Å². The molecule has 0 radical (unpaired) electrons.